The topological polar surface area (TPSA) is 65.3 Å². The zero-order valence-corrected chi connectivity index (χ0v) is 12.5. The molecular formula is C17H14N4O2. The monoisotopic (exact) mass is 306 g/mol. The molecule has 6 heteroatoms. The first-order valence-electron chi connectivity index (χ1n) is 7.28. The molecule has 0 fully saturated rings. The summed E-state index contributed by atoms with van der Waals surface area (Å²) in [5.74, 6) is 1.24. The van der Waals surface area contributed by atoms with E-state index >= 15 is 0 Å². The Balaban J connectivity index is 1.73. The van der Waals surface area contributed by atoms with Crippen LogP contribution in [0.3, 0.4) is 0 Å². The van der Waals surface area contributed by atoms with Crippen LogP contribution in [0.5, 0.6) is 0 Å². The number of rotatable bonds is 3. The van der Waals surface area contributed by atoms with Crippen molar-refractivity contribution in [3.8, 4) is 11.5 Å². The summed E-state index contributed by atoms with van der Waals surface area (Å²) in [6.45, 7) is 2.12. The fraction of sp³-hybridized carbons (Fsp3) is 0.118. The fourth-order valence-electron chi connectivity index (χ4n) is 2.49. The molecule has 0 bridgehead atoms. The third-order valence-electron chi connectivity index (χ3n) is 3.70. The van der Waals surface area contributed by atoms with Gasteiger partial charge in [0.15, 0.2) is 5.65 Å². The Morgan fingerprint density at radius 2 is 1.87 bits per heavy atom. The van der Waals surface area contributed by atoms with E-state index in [4.69, 9.17) is 4.42 Å². The first-order chi connectivity index (χ1) is 11.2. The van der Waals surface area contributed by atoms with E-state index in [-0.39, 0.29) is 12.2 Å². The summed E-state index contributed by atoms with van der Waals surface area (Å²) in [6, 6.07) is 15.1. The van der Waals surface area contributed by atoms with Crippen molar-refractivity contribution < 1.29 is 4.42 Å². The van der Waals surface area contributed by atoms with Gasteiger partial charge in [0.25, 0.3) is 0 Å². The van der Waals surface area contributed by atoms with Gasteiger partial charge in [-0.05, 0) is 31.2 Å². The first kappa shape index (κ1) is 13.5. The maximum Gasteiger partial charge on any atom is 0.350 e. The van der Waals surface area contributed by atoms with Gasteiger partial charge in [-0.2, -0.15) is 0 Å². The number of benzene rings is 1. The van der Waals surface area contributed by atoms with Crippen molar-refractivity contribution in [2.75, 3.05) is 0 Å². The lowest BCUT2D eigenvalue weighted by Crippen LogP contribution is -2.22. The van der Waals surface area contributed by atoms with Crippen LogP contribution in [-0.4, -0.2) is 19.2 Å². The maximum absolute atomic E-state index is 12.3. The van der Waals surface area contributed by atoms with Gasteiger partial charge in [0.05, 0.1) is 6.54 Å². The van der Waals surface area contributed by atoms with Gasteiger partial charge < -0.3 is 4.42 Å². The van der Waals surface area contributed by atoms with Gasteiger partial charge in [-0.25, -0.2) is 14.5 Å². The highest BCUT2D eigenvalue weighted by molar-refractivity contribution is 5.53. The number of nitrogens with zero attached hydrogens (tertiary/aromatic N) is 4. The quantitative estimate of drug-likeness (QED) is 0.583. The molecule has 0 N–H and O–H groups in total. The number of hydrogen-bond donors (Lipinski definition) is 0. The minimum absolute atomic E-state index is 0.190. The molecule has 3 aromatic heterocycles. The molecule has 0 radical (unpaired) electrons. The van der Waals surface area contributed by atoms with Crippen LogP contribution in [0.25, 0.3) is 17.1 Å². The molecule has 0 amide bonds. The third-order valence-corrected chi connectivity index (χ3v) is 3.70. The number of fused-ring (bicyclic) bond motifs is 1. The summed E-state index contributed by atoms with van der Waals surface area (Å²) in [5.41, 5.74) is 2.03. The summed E-state index contributed by atoms with van der Waals surface area (Å²) >= 11 is 0. The van der Waals surface area contributed by atoms with E-state index in [0.717, 1.165) is 5.56 Å². The molecular weight excluding hydrogens is 292 g/mol. The molecule has 0 aliphatic carbocycles. The smallest absolute Gasteiger partial charge is 0.350 e. The average Bonchev–Trinajstić information content (AvgIpc) is 3.10. The molecule has 114 valence electrons. The second-order valence-corrected chi connectivity index (χ2v) is 5.26. The largest absolute Gasteiger partial charge is 0.441 e. The minimum Gasteiger partial charge on any atom is -0.441 e. The Morgan fingerprint density at radius 3 is 2.65 bits per heavy atom. The first-order valence-corrected chi connectivity index (χ1v) is 7.28. The van der Waals surface area contributed by atoms with Gasteiger partial charge in [0, 0.05) is 11.8 Å². The van der Waals surface area contributed by atoms with E-state index in [9.17, 15) is 4.79 Å². The molecule has 4 rings (SSSR count). The van der Waals surface area contributed by atoms with E-state index in [1.165, 1.54) is 9.08 Å². The molecule has 3 heterocycles. The van der Waals surface area contributed by atoms with E-state index in [1.807, 2.05) is 43.3 Å². The molecule has 0 spiro atoms. The molecule has 0 aliphatic rings. The van der Waals surface area contributed by atoms with Crippen LogP contribution >= 0.6 is 0 Å². The van der Waals surface area contributed by atoms with Crippen LogP contribution in [0.1, 0.15) is 11.5 Å². The van der Waals surface area contributed by atoms with Crippen molar-refractivity contribution >= 4 is 5.65 Å². The molecule has 23 heavy (non-hydrogen) atoms. The molecule has 0 aliphatic heterocycles. The van der Waals surface area contributed by atoms with Gasteiger partial charge in [-0.1, -0.05) is 24.3 Å². The SMILES string of the molecule is Cc1oc(-c2ccccc2)nc1Cn1nc2ccccn2c1=O. The predicted octanol–water partition coefficient (Wildman–Crippen LogP) is 2.51. The molecule has 0 saturated carbocycles. The highest BCUT2D eigenvalue weighted by atomic mass is 16.4. The van der Waals surface area contributed by atoms with Crippen molar-refractivity contribution in [3.05, 3.63) is 76.7 Å². The Labute approximate surface area is 131 Å². The van der Waals surface area contributed by atoms with Crippen LogP contribution in [0.2, 0.25) is 0 Å². The second-order valence-electron chi connectivity index (χ2n) is 5.26. The number of oxazole rings is 1. The standard InChI is InChI=1S/C17H14N4O2/c1-12-14(18-16(23-12)13-7-3-2-4-8-13)11-21-17(22)20-10-6-5-9-15(20)19-21/h2-10H,11H2,1H3. The van der Waals surface area contributed by atoms with E-state index in [0.29, 0.717) is 23.0 Å². The van der Waals surface area contributed by atoms with E-state index in [1.54, 1.807) is 18.3 Å². The zero-order chi connectivity index (χ0) is 15.8. The molecule has 6 nitrogen and oxygen atoms in total. The summed E-state index contributed by atoms with van der Waals surface area (Å²) < 4.78 is 8.63. The maximum atomic E-state index is 12.3. The van der Waals surface area contributed by atoms with Crippen LogP contribution < -0.4 is 5.69 Å². The Hall–Kier alpha value is -3.15. The van der Waals surface area contributed by atoms with Crippen LogP contribution in [-0.2, 0) is 6.54 Å². The summed E-state index contributed by atoms with van der Waals surface area (Å²) in [7, 11) is 0. The number of pyridine rings is 1. The Morgan fingerprint density at radius 1 is 1.09 bits per heavy atom. The summed E-state index contributed by atoms with van der Waals surface area (Å²) in [5, 5.41) is 4.32. The second kappa shape index (κ2) is 5.24. The van der Waals surface area contributed by atoms with Gasteiger partial charge in [0.1, 0.15) is 11.5 Å². The zero-order valence-electron chi connectivity index (χ0n) is 12.5. The van der Waals surface area contributed by atoms with Crippen molar-refractivity contribution in [1.29, 1.82) is 0 Å². The van der Waals surface area contributed by atoms with Crippen molar-refractivity contribution in [3.63, 3.8) is 0 Å². The molecule has 0 saturated heterocycles. The molecule has 0 unspecified atom stereocenters. The highest BCUT2D eigenvalue weighted by Crippen LogP contribution is 2.21. The van der Waals surface area contributed by atoms with Crippen molar-refractivity contribution in [1.82, 2.24) is 19.2 Å². The fourth-order valence-corrected chi connectivity index (χ4v) is 2.49. The van der Waals surface area contributed by atoms with Gasteiger partial charge in [-0.15, -0.1) is 5.10 Å². The van der Waals surface area contributed by atoms with Crippen LogP contribution in [0.15, 0.2) is 63.9 Å². The lowest BCUT2D eigenvalue weighted by Gasteiger charge is -1.95. The van der Waals surface area contributed by atoms with E-state index in [2.05, 4.69) is 10.1 Å². The van der Waals surface area contributed by atoms with Crippen molar-refractivity contribution in [2.24, 2.45) is 0 Å². The van der Waals surface area contributed by atoms with E-state index < -0.39 is 0 Å². The Kier molecular flexibility index (Phi) is 3.08. The number of aryl methyl sites for hydroxylation is 1. The minimum atomic E-state index is -0.190. The average molecular weight is 306 g/mol. The third kappa shape index (κ3) is 2.34. The normalized spacial score (nSPS) is 11.2. The van der Waals surface area contributed by atoms with Gasteiger partial charge in [0.2, 0.25) is 5.89 Å². The van der Waals surface area contributed by atoms with Crippen molar-refractivity contribution in [2.45, 2.75) is 13.5 Å². The van der Waals surface area contributed by atoms with Crippen LogP contribution in [0.4, 0.5) is 0 Å². The number of hydrogen-bond acceptors (Lipinski definition) is 4. The summed E-state index contributed by atoms with van der Waals surface area (Å²) in [4.78, 5) is 16.8. The predicted molar refractivity (Wildman–Crippen MR) is 85.2 cm³/mol. The molecule has 0 atom stereocenters. The number of aromatic nitrogens is 4. The lowest BCUT2D eigenvalue weighted by molar-refractivity contribution is 0.535. The molecule has 4 aromatic rings. The summed E-state index contributed by atoms with van der Waals surface area (Å²) in [6.07, 6.45) is 1.70. The lowest BCUT2D eigenvalue weighted by atomic mass is 10.2. The molecule has 1 aromatic carbocycles. The Bertz CT molecular complexity index is 1030. The van der Waals surface area contributed by atoms with Gasteiger partial charge >= 0.3 is 5.69 Å². The highest BCUT2D eigenvalue weighted by Gasteiger charge is 2.14. The van der Waals surface area contributed by atoms with Crippen LogP contribution in [0, 0.1) is 6.92 Å². The van der Waals surface area contributed by atoms with Gasteiger partial charge in [-0.3, -0.25) is 4.40 Å².